The van der Waals surface area contributed by atoms with Crippen molar-refractivity contribution in [2.75, 3.05) is 47.7 Å². The van der Waals surface area contributed by atoms with Crippen molar-refractivity contribution in [2.24, 2.45) is 10.2 Å². The lowest BCUT2D eigenvalue weighted by Crippen LogP contribution is -2.24. The summed E-state index contributed by atoms with van der Waals surface area (Å²) in [7, 11) is -13.5. The Morgan fingerprint density at radius 2 is 1.60 bits per heavy atom. The second-order valence-electron chi connectivity index (χ2n) is 9.60. The number of nitrogens with two attached hydrogens (primary N) is 1. The number of fused-ring (bicyclic) bond motifs is 1. The number of phenolic OH excluding ortho intramolecular Hbond substituents is 1. The highest BCUT2D eigenvalue weighted by Gasteiger charge is 2.25. The Bertz CT molecular complexity index is 2260. The van der Waals surface area contributed by atoms with Gasteiger partial charge in [0.2, 0.25) is 11.9 Å². The first kappa shape index (κ1) is 36.5. The van der Waals surface area contributed by atoms with E-state index in [1.807, 2.05) is 0 Å². The molecule has 3 aromatic carbocycles. The molecule has 0 saturated heterocycles. The van der Waals surface area contributed by atoms with Gasteiger partial charge in [-0.3, -0.25) is 13.7 Å². The standard InChI is InChI=1S/C24H25FN8O11S4/c1-33(4-6-45-7-5-34)24-29-22(25)28-23(30-24)27-13-2-3-15(17(10-13)47(39,40)41)31-32-21-19-12(9-18(20(21)26)48(42,43)44)8-14(11-16(19)35)46(36,37)38/h2-3,8-11,34-35H,4-7,26H2,1H3,(H,36,37,38)(H,39,40,41)(H,42,43,44)(H,27,28,29,30)/b32-31+. The maximum absolute atomic E-state index is 14.2. The summed E-state index contributed by atoms with van der Waals surface area (Å²) in [6, 6.07) is 5.10. The lowest BCUT2D eigenvalue weighted by Gasteiger charge is -2.17. The number of hydrogen-bond acceptors (Lipinski definition) is 17. The maximum Gasteiger partial charge on any atom is 0.315 e. The normalized spacial score (nSPS) is 12.5. The van der Waals surface area contributed by atoms with Gasteiger partial charge in [0.25, 0.3) is 30.4 Å². The molecule has 8 N–H and O–H groups in total. The number of hydrogen-bond donors (Lipinski definition) is 7. The molecule has 0 aliphatic rings. The number of azo groups is 1. The molecular formula is C24H25FN8O11S4. The second kappa shape index (κ2) is 14.0. The van der Waals surface area contributed by atoms with Gasteiger partial charge in [0.1, 0.15) is 26.9 Å². The van der Waals surface area contributed by atoms with Gasteiger partial charge >= 0.3 is 6.08 Å². The smallest absolute Gasteiger partial charge is 0.315 e. The summed E-state index contributed by atoms with van der Waals surface area (Å²) in [5.74, 6) is -0.231. The fourth-order valence-corrected chi connectivity index (χ4v) is 6.65. The van der Waals surface area contributed by atoms with Crippen LogP contribution in [0.2, 0.25) is 0 Å². The fraction of sp³-hybridized carbons (Fsp3) is 0.208. The summed E-state index contributed by atoms with van der Waals surface area (Å²) in [5, 5.41) is 28.7. The molecule has 0 atom stereocenters. The highest BCUT2D eigenvalue weighted by Crippen LogP contribution is 2.44. The minimum Gasteiger partial charge on any atom is -0.507 e. The third-order valence-electron chi connectivity index (χ3n) is 6.24. The number of benzene rings is 3. The molecule has 4 aromatic rings. The van der Waals surface area contributed by atoms with Crippen molar-refractivity contribution in [3.63, 3.8) is 0 Å². The molecule has 19 nitrogen and oxygen atoms in total. The van der Waals surface area contributed by atoms with Gasteiger partial charge in [-0.05, 0) is 35.7 Å². The van der Waals surface area contributed by atoms with Crippen LogP contribution in [0.25, 0.3) is 10.8 Å². The van der Waals surface area contributed by atoms with Crippen molar-refractivity contribution < 1.29 is 53.5 Å². The molecule has 258 valence electrons. The monoisotopic (exact) mass is 748 g/mol. The lowest BCUT2D eigenvalue weighted by atomic mass is 10.1. The van der Waals surface area contributed by atoms with Crippen molar-refractivity contribution in [3.05, 3.63) is 42.5 Å². The predicted octanol–water partition coefficient (Wildman–Crippen LogP) is 2.51. The van der Waals surface area contributed by atoms with E-state index in [9.17, 15) is 48.4 Å². The van der Waals surface area contributed by atoms with Gasteiger partial charge in [-0.15, -0.1) is 10.2 Å². The summed E-state index contributed by atoms with van der Waals surface area (Å²) in [6.07, 6.45) is -1.17. The number of nitrogen functional groups attached to an aromatic ring is 1. The van der Waals surface area contributed by atoms with E-state index in [0.29, 0.717) is 30.2 Å². The number of aliphatic hydroxyl groups is 1. The first-order valence-corrected chi connectivity index (χ1v) is 18.4. The number of anilines is 4. The van der Waals surface area contributed by atoms with Crippen LogP contribution in [-0.4, -0.2) is 95.8 Å². The predicted molar refractivity (Wildman–Crippen MR) is 171 cm³/mol. The van der Waals surface area contributed by atoms with Crippen LogP contribution in [0, 0.1) is 6.08 Å². The summed E-state index contributed by atoms with van der Waals surface area (Å²) in [5.41, 5.74) is 3.78. The Morgan fingerprint density at radius 1 is 0.917 bits per heavy atom. The Hall–Kier alpha value is -4.30. The van der Waals surface area contributed by atoms with Gasteiger partial charge in [-0.25, -0.2) is 0 Å². The van der Waals surface area contributed by atoms with Gasteiger partial charge < -0.3 is 26.2 Å². The average Bonchev–Trinajstić information content (AvgIpc) is 2.97. The van der Waals surface area contributed by atoms with E-state index in [1.165, 1.54) is 22.7 Å². The number of aromatic hydroxyl groups is 1. The highest BCUT2D eigenvalue weighted by molar-refractivity contribution is 7.99. The van der Waals surface area contributed by atoms with E-state index >= 15 is 0 Å². The molecule has 0 saturated carbocycles. The van der Waals surface area contributed by atoms with E-state index in [-0.39, 0.29) is 24.2 Å². The fourth-order valence-electron chi connectivity index (χ4n) is 4.08. The first-order chi connectivity index (χ1) is 22.3. The molecule has 24 heteroatoms. The van der Waals surface area contributed by atoms with Crippen molar-refractivity contribution in [2.45, 2.75) is 14.7 Å². The van der Waals surface area contributed by atoms with Crippen LogP contribution in [0.4, 0.5) is 39.0 Å². The molecule has 1 heterocycles. The summed E-state index contributed by atoms with van der Waals surface area (Å²) in [4.78, 5) is 10.0. The van der Waals surface area contributed by atoms with Gasteiger partial charge in [-0.1, -0.05) is 0 Å². The molecule has 0 aliphatic carbocycles. The van der Waals surface area contributed by atoms with Crippen molar-refractivity contribution in [1.29, 1.82) is 0 Å². The number of aromatic nitrogens is 3. The molecule has 4 rings (SSSR count). The van der Waals surface area contributed by atoms with Gasteiger partial charge in [0.05, 0.1) is 22.6 Å². The SMILES string of the molecule is CN(CCSCCO)c1nc(F)nc(Nc2ccc(/N=N/c3c(N)c(S(=O)(=O)O)cc4cc(S(=O)(=O)O)cc(O)c34)c(S(=O)(=O)O)c2)n1. The summed E-state index contributed by atoms with van der Waals surface area (Å²) in [6.45, 7) is 0.372. The van der Waals surface area contributed by atoms with Crippen molar-refractivity contribution >= 4 is 87.5 Å². The maximum atomic E-state index is 14.2. The molecule has 48 heavy (non-hydrogen) atoms. The first-order valence-electron chi connectivity index (χ1n) is 13.0. The lowest BCUT2D eigenvalue weighted by molar-refractivity contribution is 0.322. The van der Waals surface area contributed by atoms with Crippen molar-refractivity contribution in [1.82, 2.24) is 15.0 Å². The molecule has 0 spiro atoms. The van der Waals surface area contributed by atoms with E-state index in [0.717, 1.165) is 18.2 Å². The Kier molecular flexibility index (Phi) is 10.7. The summed E-state index contributed by atoms with van der Waals surface area (Å²) >= 11 is 1.44. The molecular weight excluding hydrogens is 724 g/mol. The second-order valence-corrected chi connectivity index (χ2v) is 15.0. The van der Waals surface area contributed by atoms with Crippen LogP contribution in [0.3, 0.4) is 0 Å². The number of aliphatic hydroxyl groups excluding tert-OH is 1. The zero-order chi connectivity index (χ0) is 35.6. The topological polar surface area (TPSA) is 308 Å². The van der Waals surface area contributed by atoms with E-state index in [1.54, 1.807) is 7.05 Å². The van der Waals surface area contributed by atoms with Crippen LogP contribution in [0.1, 0.15) is 0 Å². The number of phenols is 1. The largest absolute Gasteiger partial charge is 0.507 e. The Balaban J connectivity index is 1.77. The molecule has 0 fully saturated rings. The van der Waals surface area contributed by atoms with Gasteiger partial charge in [0, 0.05) is 36.9 Å². The molecule has 0 unspecified atom stereocenters. The number of rotatable bonds is 13. The van der Waals surface area contributed by atoms with Crippen LogP contribution in [0.5, 0.6) is 5.75 Å². The molecule has 1 aromatic heterocycles. The van der Waals surface area contributed by atoms with Crippen LogP contribution >= 0.6 is 11.8 Å². The van der Waals surface area contributed by atoms with E-state index < -0.39 is 84.7 Å². The molecule has 0 amide bonds. The highest BCUT2D eigenvalue weighted by atomic mass is 32.2. The van der Waals surface area contributed by atoms with Gasteiger partial charge in [0.15, 0.2) is 0 Å². The number of nitrogens with zero attached hydrogens (tertiary/aromatic N) is 6. The summed E-state index contributed by atoms with van der Waals surface area (Å²) < 4.78 is 115. The quantitative estimate of drug-likeness (QED) is 0.0447. The third kappa shape index (κ3) is 8.58. The van der Waals surface area contributed by atoms with Crippen LogP contribution in [-0.2, 0) is 30.4 Å². The van der Waals surface area contributed by atoms with Crippen LogP contribution < -0.4 is 16.0 Å². The molecule has 0 radical (unpaired) electrons. The van der Waals surface area contributed by atoms with Crippen LogP contribution in [0.15, 0.2) is 61.3 Å². The Morgan fingerprint density at radius 3 is 2.23 bits per heavy atom. The number of halogens is 1. The average molecular weight is 749 g/mol. The number of thioether (sulfide) groups is 1. The zero-order valence-electron chi connectivity index (χ0n) is 24.2. The van der Waals surface area contributed by atoms with E-state index in [4.69, 9.17) is 10.8 Å². The Labute approximate surface area is 276 Å². The zero-order valence-corrected chi connectivity index (χ0v) is 27.5. The third-order valence-corrected chi connectivity index (χ3v) is 9.79. The minimum atomic E-state index is -5.10. The minimum absolute atomic E-state index is 0.00916. The van der Waals surface area contributed by atoms with Gasteiger partial charge in [-0.2, -0.15) is 56.4 Å². The molecule has 0 bridgehead atoms. The van der Waals surface area contributed by atoms with E-state index in [2.05, 4.69) is 30.5 Å². The molecule has 0 aliphatic heterocycles. The number of nitrogens with one attached hydrogen (secondary N) is 1. The van der Waals surface area contributed by atoms with Crippen molar-refractivity contribution in [3.8, 4) is 5.75 Å².